The van der Waals surface area contributed by atoms with Crippen LogP contribution in [0.25, 0.3) is 0 Å². The number of aryl methyl sites for hydroxylation is 1. The van der Waals surface area contributed by atoms with Crippen molar-refractivity contribution in [3.63, 3.8) is 0 Å². The maximum atomic E-state index is 10.2. The first-order valence-corrected chi connectivity index (χ1v) is 4.45. The molecular weight excluding hydrogens is 180 g/mol. The summed E-state index contributed by atoms with van der Waals surface area (Å²) in [6, 6.07) is 1.87. The minimum Gasteiger partial charge on any atom is -0.472 e. The van der Waals surface area contributed by atoms with Crippen LogP contribution in [0, 0.1) is 11.8 Å². The Balaban J connectivity index is 2.26. The average molecular weight is 190 g/mol. The standard InChI is InChI=1S/C10H10N2O2/c1-12-8(4-5-10(13)14)6-9(11-12)7-2-3-7/h6-7H,2-3H2,1H3,(H,13,14). The first kappa shape index (κ1) is 8.82. The van der Waals surface area contributed by atoms with Crippen LogP contribution in [0.15, 0.2) is 6.07 Å². The van der Waals surface area contributed by atoms with Crippen molar-refractivity contribution in [3.05, 3.63) is 17.5 Å². The van der Waals surface area contributed by atoms with Crippen molar-refractivity contribution in [3.8, 4) is 11.8 Å². The van der Waals surface area contributed by atoms with Gasteiger partial charge in [0.25, 0.3) is 0 Å². The summed E-state index contributed by atoms with van der Waals surface area (Å²) >= 11 is 0. The average Bonchev–Trinajstić information content (AvgIpc) is 2.88. The lowest BCUT2D eigenvalue weighted by molar-refractivity contribution is -0.130. The summed E-state index contributed by atoms with van der Waals surface area (Å²) in [5, 5.41) is 12.7. The molecule has 2 rings (SSSR count). The third kappa shape index (κ3) is 1.77. The van der Waals surface area contributed by atoms with Crippen LogP contribution in [0.2, 0.25) is 0 Å². The highest BCUT2D eigenvalue weighted by Crippen LogP contribution is 2.39. The Kier molecular flexibility index (Phi) is 2.01. The number of aliphatic carboxylic acids is 1. The van der Waals surface area contributed by atoms with Gasteiger partial charge in [0.05, 0.1) is 5.69 Å². The Morgan fingerprint density at radius 2 is 2.43 bits per heavy atom. The van der Waals surface area contributed by atoms with Crippen LogP contribution >= 0.6 is 0 Å². The van der Waals surface area contributed by atoms with E-state index in [1.54, 1.807) is 11.7 Å². The number of carboxylic acid groups (broad SMARTS) is 1. The molecule has 0 saturated heterocycles. The molecule has 1 N–H and O–H groups in total. The van der Waals surface area contributed by atoms with E-state index in [-0.39, 0.29) is 0 Å². The molecular formula is C10H10N2O2. The minimum absolute atomic E-state index is 0.571. The molecule has 14 heavy (non-hydrogen) atoms. The molecule has 4 nitrogen and oxygen atoms in total. The molecule has 1 aromatic heterocycles. The highest BCUT2D eigenvalue weighted by molar-refractivity contribution is 5.87. The molecule has 0 aromatic carbocycles. The van der Waals surface area contributed by atoms with E-state index in [9.17, 15) is 4.79 Å². The first-order valence-electron chi connectivity index (χ1n) is 4.45. The lowest BCUT2D eigenvalue weighted by Gasteiger charge is -1.88. The van der Waals surface area contributed by atoms with Gasteiger partial charge in [0, 0.05) is 18.9 Å². The second kappa shape index (κ2) is 3.18. The SMILES string of the molecule is Cn1nc(C2CC2)cc1C#CC(=O)O. The zero-order valence-corrected chi connectivity index (χ0v) is 7.82. The van der Waals surface area contributed by atoms with E-state index < -0.39 is 5.97 Å². The van der Waals surface area contributed by atoms with Crippen molar-refractivity contribution >= 4 is 5.97 Å². The molecule has 0 atom stereocenters. The van der Waals surface area contributed by atoms with Crippen LogP contribution in [-0.4, -0.2) is 20.9 Å². The zero-order valence-electron chi connectivity index (χ0n) is 7.82. The number of nitrogens with zero attached hydrogens (tertiary/aromatic N) is 2. The number of carboxylic acids is 1. The van der Waals surface area contributed by atoms with Crippen molar-refractivity contribution in [2.45, 2.75) is 18.8 Å². The highest BCUT2D eigenvalue weighted by Gasteiger charge is 2.26. The molecule has 4 heteroatoms. The van der Waals surface area contributed by atoms with Gasteiger partial charge in [0.2, 0.25) is 0 Å². The fourth-order valence-electron chi connectivity index (χ4n) is 1.30. The maximum Gasteiger partial charge on any atom is 0.382 e. The van der Waals surface area contributed by atoms with Gasteiger partial charge in [-0.05, 0) is 24.8 Å². The minimum atomic E-state index is -1.11. The molecule has 1 heterocycles. The summed E-state index contributed by atoms with van der Waals surface area (Å²) in [6.07, 6.45) is 2.37. The van der Waals surface area contributed by atoms with Gasteiger partial charge in [-0.15, -0.1) is 0 Å². The molecule has 1 aliphatic carbocycles. The molecule has 0 radical (unpaired) electrons. The zero-order chi connectivity index (χ0) is 10.1. The molecule has 0 aliphatic heterocycles. The van der Waals surface area contributed by atoms with Crippen LogP contribution < -0.4 is 0 Å². The smallest absolute Gasteiger partial charge is 0.382 e. The molecule has 1 saturated carbocycles. The van der Waals surface area contributed by atoms with Gasteiger partial charge in [0.15, 0.2) is 0 Å². The lowest BCUT2D eigenvalue weighted by Crippen LogP contribution is -1.95. The van der Waals surface area contributed by atoms with Crippen molar-refractivity contribution in [1.29, 1.82) is 0 Å². The normalized spacial score (nSPS) is 14.6. The summed E-state index contributed by atoms with van der Waals surface area (Å²) in [5.41, 5.74) is 1.69. The van der Waals surface area contributed by atoms with Crippen LogP contribution in [0.5, 0.6) is 0 Å². The predicted molar refractivity (Wildman–Crippen MR) is 49.7 cm³/mol. The fraction of sp³-hybridized carbons (Fsp3) is 0.400. The first-order chi connectivity index (χ1) is 6.66. The Bertz CT molecular complexity index is 433. The van der Waals surface area contributed by atoms with Crippen LogP contribution in [0.4, 0.5) is 0 Å². The molecule has 1 fully saturated rings. The summed E-state index contributed by atoms with van der Waals surface area (Å²) in [6.45, 7) is 0. The number of hydrogen-bond acceptors (Lipinski definition) is 2. The van der Waals surface area contributed by atoms with Crippen LogP contribution in [0.3, 0.4) is 0 Å². The van der Waals surface area contributed by atoms with Crippen molar-refractivity contribution < 1.29 is 9.90 Å². The molecule has 72 valence electrons. The van der Waals surface area contributed by atoms with E-state index in [0.717, 1.165) is 5.69 Å². The summed E-state index contributed by atoms with van der Waals surface area (Å²) in [7, 11) is 1.78. The lowest BCUT2D eigenvalue weighted by atomic mass is 10.3. The largest absolute Gasteiger partial charge is 0.472 e. The monoisotopic (exact) mass is 190 g/mol. The highest BCUT2D eigenvalue weighted by atomic mass is 16.4. The second-order valence-electron chi connectivity index (χ2n) is 3.41. The van der Waals surface area contributed by atoms with Gasteiger partial charge < -0.3 is 5.11 Å². The molecule has 0 amide bonds. The molecule has 0 bridgehead atoms. The van der Waals surface area contributed by atoms with E-state index in [0.29, 0.717) is 11.6 Å². The predicted octanol–water partition coefficient (Wildman–Crippen LogP) is 0.734. The van der Waals surface area contributed by atoms with Crippen LogP contribution in [-0.2, 0) is 11.8 Å². The fourth-order valence-corrected chi connectivity index (χ4v) is 1.30. The molecule has 0 unspecified atom stereocenters. The van der Waals surface area contributed by atoms with Crippen LogP contribution in [0.1, 0.15) is 30.1 Å². The van der Waals surface area contributed by atoms with E-state index in [2.05, 4.69) is 16.9 Å². The molecule has 0 spiro atoms. The van der Waals surface area contributed by atoms with E-state index >= 15 is 0 Å². The topological polar surface area (TPSA) is 55.1 Å². The summed E-state index contributed by atoms with van der Waals surface area (Å²) < 4.78 is 1.63. The van der Waals surface area contributed by atoms with E-state index in [1.807, 2.05) is 6.07 Å². The molecule has 1 aliphatic rings. The van der Waals surface area contributed by atoms with Gasteiger partial charge in [-0.25, -0.2) is 4.79 Å². The number of hydrogen-bond donors (Lipinski definition) is 1. The van der Waals surface area contributed by atoms with E-state index in [1.165, 1.54) is 12.8 Å². The van der Waals surface area contributed by atoms with Gasteiger partial charge >= 0.3 is 5.97 Å². The van der Waals surface area contributed by atoms with Crippen molar-refractivity contribution in [2.75, 3.05) is 0 Å². The number of carbonyl (C=O) groups is 1. The van der Waals surface area contributed by atoms with Crippen molar-refractivity contribution in [2.24, 2.45) is 7.05 Å². The Hall–Kier alpha value is -1.76. The summed E-state index contributed by atoms with van der Waals surface area (Å²) in [5.74, 6) is 4.11. The summed E-state index contributed by atoms with van der Waals surface area (Å²) in [4.78, 5) is 10.2. The maximum absolute atomic E-state index is 10.2. The van der Waals surface area contributed by atoms with Gasteiger partial charge in [0.1, 0.15) is 5.69 Å². The Morgan fingerprint density at radius 1 is 1.71 bits per heavy atom. The second-order valence-corrected chi connectivity index (χ2v) is 3.41. The van der Waals surface area contributed by atoms with Gasteiger partial charge in [-0.2, -0.15) is 5.10 Å². The van der Waals surface area contributed by atoms with Crippen molar-refractivity contribution in [1.82, 2.24) is 9.78 Å². The Morgan fingerprint density at radius 3 is 3.00 bits per heavy atom. The van der Waals surface area contributed by atoms with Gasteiger partial charge in [-0.1, -0.05) is 0 Å². The number of rotatable bonds is 1. The third-order valence-corrected chi connectivity index (χ3v) is 2.19. The molecule has 1 aromatic rings. The quantitative estimate of drug-likeness (QED) is 0.664. The number of aromatic nitrogens is 2. The Labute approximate surface area is 81.5 Å². The van der Waals surface area contributed by atoms with Gasteiger partial charge in [-0.3, -0.25) is 4.68 Å². The third-order valence-electron chi connectivity index (χ3n) is 2.19. The van der Waals surface area contributed by atoms with E-state index in [4.69, 9.17) is 5.11 Å².